The predicted octanol–water partition coefficient (Wildman–Crippen LogP) is 2.29. The van der Waals surface area contributed by atoms with Crippen LogP contribution >= 0.6 is 11.3 Å². The summed E-state index contributed by atoms with van der Waals surface area (Å²) < 4.78 is 11.5. The van der Waals surface area contributed by atoms with Crippen LogP contribution in [0.4, 0.5) is 0 Å². The van der Waals surface area contributed by atoms with E-state index in [9.17, 15) is 0 Å². The summed E-state index contributed by atoms with van der Waals surface area (Å²) in [4.78, 5) is 1.47. The molecule has 0 amide bonds. The van der Waals surface area contributed by atoms with E-state index in [1.54, 1.807) is 5.56 Å². The van der Waals surface area contributed by atoms with Crippen molar-refractivity contribution in [2.24, 2.45) is 0 Å². The van der Waals surface area contributed by atoms with Crippen LogP contribution in [-0.4, -0.2) is 19.0 Å². The molecule has 0 unspecified atom stereocenters. The molecule has 0 radical (unpaired) electrons. The molecule has 76 valence electrons. The zero-order valence-corrected chi connectivity index (χ0v) is 9.15. The van der Waals surface area contributed by atoms with Gasteiger partial charge in [-0.05, 0) is 29.9 Å². The quantitative estimate of drug-likeness (QED) is 0.654. The topological polar surface area (TPSA) is 18.5 Å². The SMILES string of the molecule is Cc1scc2c1CCC1(C2)OCCO1. The molecule has 1 spiro atoms. The van der Waals surface area contributed by atoms with E-state index >= 15 is 0 Å². The highest BCUT2D eigenvalue weighted by Crippen LogP contribution is 2.38. The molecule has 0 saturated carbocycles. The summed E-state index contributed by atoms with van der Waals surface area (Å²) in [5.74, 6) is -0.263. The van der Waals surface area contributed by atoms with Crippen molar-refractivity contribution in [2.45, 2.75) is 32.0 Å². The van der Waals surface area contributed by atoms with Crippen molar-refractivity contribution in [3.8, 4) is 0 Å². The second-order valence-electron chi connectivity index (χ2n) is 4.08. The van der Waals surface area contributed by atoms with Gasteiger partial charge in [0.25, 0.3) is 0 Å². The van der Waals surface area contributed by atoms with Crippen LogP contribution in [0.15, 0.2) is 5.38 Å². The third kappa shape index (κ3) is 1.23. The van der Waals surface area contributed by atoms with Gasteiger partial charge in [-0.15, -0.1) is 11.3 Å². The van der Waals surface area contributed by atoms with Gasteiger partial charge in [0.2, 0.25) is 0 Å². The van der Waals surface area contributed by atoms with E-state index in [-0.39, 0.29) is 5.79 Å². The average molecular weight is 210 g/mol. The molecule has 2 heterocycles. The molecule has 1 aromatic heterocycles. The van der Waals surface area contributed by atoms with Crippen LogP contribution in [-0.2, 0) is 22.3 Å². The van der Waals surface area contributed by atoms with Crippen LogP contribution in [0, 0.1) is 6.92 Å². The Bertz CT molecular complexity index is 350. The molecular weight excluding hydrogens is 196 g/mol. The van der Waals surface area contributed by atoms with Crippen molar-refractivity contribution >= 4 is 11.3 Å². The first kappa shape index (κ1) is 8.89. The minimum absolute atomic E-state index is 0.263. The van der Waals surface area contributed by atoms with Gasteiger partial charge in [-0.3, -0.25) is 0 Å². The molecule has 1 aliphatic carbocycles. The molecule has 14 heavy (non-hydrogen) atoms. The average Bonchev–Trinajstić information content (AvgIpc) is 2.76. The zero-order chi connectivity index (χ0) is 9.60. The van der Waals surface area contributed by atoms with E-state index in [4.69, 9.17) is 9.47 Å². The minimum Gasteiger partial charge on any atom is -0.347 e. The molecule has 1 saturated heterocycles. The van der Waals surface area contributed by atoms with Gasteiger partial charge < -0.3 is 9.47 Å². The molecular formula is C11H14O2S. The molecule has 0 bridgehead atoms. The van der Waals surface area contributed by atoms with Gasteiger partial charge in [-0.2, -0.15) is 0 Å². The first-order valence-corrected chi connectivity index (χ1v) is 6.01. The smallest absolute Gasteiger partial charge is 0.172 e. The Morgan fingerprint density at radius 2 is 2.14 bits per heavy atom. The standard InChI is InChI=1S/C11H14O2S/c1-8-10-2-3-11(12-4-5-13-11)6-9(10)7-14-8/h7H,2-6H2,1H3. The lowest BCUT2D eigenvalue weighted by Gasteiger charge is -2.31. The number of hydrogen-bond acceptors (Lipinski definition) is 3. The maximum absolute atomic E-state index is 5.73. The molecule has 0 N–H and O–H groups in total. The van der Waals surface area contributed by atoms with Gasteiger partial charge in [0, 0.05) is 17.7 Å². The molecule has 0 atom stereocenters. The van der Waals surface area contributed by atoms with Crippen LogP contribution in [0.1, 0.15) is 22.4 Å². The zero-order valence-electron chi connectivity index (χ0n) is 8.34. The fourth-order valence-corrected chi connectivity index (χ4v) is 3.37. The van der Waals surface area contributed by atoms with Gasteiger partial charge in [-0.1, -0.05) is 0 Å². The Labute approximate surface area is 87.8 Å². The highest BCUT2D eigenvalue weighted by atomic mass is 32.1. The van der Waals surface area contributed by atoms with Crippen molar-refractivity contribution < 1.29 is 9.47 Å². The normalized spacial score (nSPS) is 24.1. The number of rotatable bonds is 0. The van der Waals surface area contributed by atoms with Crippen molar-refractivity contribution in [1.29, 1.82) is 0 Å². The second-order valence-corrected chi connectivity index (χ2v) is 5.16. The Morgan fingerprint density at radius 1 is 1.36 bits per heavy atom. The van der Waals surface area contributed by atoms with Crippen molar-refractivity contribution in [3.63, 3.8) is 0 Å². The lowest BCUT2D eigenvalue weighted by Crippen LogP contribution is -2.36. The summed E-state index contributed by atoms with van der Waals surface area (Å²) in [6, 6.07) is 0. The molecule has 3 heteroatoms. The van der Waals surface area contributed by atoms with Crippen LogP contribution in [0.5, 0.6) is 0 Å². The first-order valence-electron chi connectivity index (χ1n) is 5.13. The maximum atomic E-state index is 5.73. The van der Waals surface area contributed by atoms with E-state index < -0.39 is 0 Å². The molecule has 3 rings (SSSR count). The summed E-state index contributed by atoms with van der Waals surface area (Å²) in [7, 11) is 0. The first-order chi connectivity index (χ1) is 6.79. The van der Waals surface area contributed by atoms with E-state index in [0.29, 0.717) is 0 Å². The number of fused-ring (bicyclic) bond motifs is 1. The number of ether oxygens (including phenoxy) is 2. The molecule has 2 aliphatic rings. The van der Waals surface area contributed by atoms with Gasteiger partial charge in [0.05, 0.1) is 13.2 Å². The Balaban J connectivity index is 1.93. The monoisotopic (exact) mass is 210 g/mol. The molecule has 1 fully saturated rings. The van der Waals surface area contributed by atoms with Crippen LogP contribution in [0.25, 0.3) is 0 Å². The molecule has 1 aromatic rings. The predicted molar refractivity (Wildman–Crippen MR) is 55.7 cm³/mol. The summed E-state index contributed by atoms with van der Waals surface area (Å²) in [5, 5.41) is 2.26. The van der Waals surface area contributed by atoms with Crippen molar-refractivity contribution in [2.75, 3.05) is 13.2 Å². The summed E-state index contributed by atoms with van der Waals surface area (Å²) in [6.07, 6.45) is 3.09. The fraction of sp³-hybridized carbons (Fsp3) is 0.636. The molecule has 1 aliphatic heterocycles. The highest BCUT2D eigenvalue weighted by Gasteiger charge is 2.40. The van der Waals surface area contributed by atoms with Gasteiger partial charge in [-0.25, -0.2) is 0 Å². The van der Waals surface area contributed by atoms with Crippen LogP contribution in [0.3, 0.4) is 0 Å². The third-order valence-electron chi connectivity index (χ3n) is 3.22. The number of hydrogen-bond donors (Lipinski definition) is 0. The van der Waals surface area contributed by atoms with E-state index in [1.165, 1.54) is 10.4 Å². The second kappa shape index (κ2) is 3.05. The van der Waals surface area contributed by atoms with E-state index in [1.807, 2.05) is 11.3 Å². The lowest BCUT2D eigenvalue weighted by molar-refractivity contribution is -0.163. The largest absolute Gasteiger partial charge is 0.347 e. The van der Waals surface area contributed by atoms with Crippen molar-refractivity contribution in [1.82, 2.24) is 0 Å². The fourth-order valence-electron chi connectivity index (χ4n) is 2.45. The molecule has 2 nitrogen and oxygen atoms in total. The Kier molecular flexibility index (Phi) is 1.94. The van der Waals surface area contributed by atoms with Crippen LogP contribution < -0.4 is 0 Å². The highest BCUT2D eigenvalue weighted by molar-refractivity contribution is 7.10. The lowest BCUT2D eigenvalue weighted by atomic mass is 9.89. The Morgan fingerprint density at radius 3 is 2.93 bits per heavy atom. The van der Waals surface area contributed by atoms with E-state index in [2.05, 4.69) is 12.3 Å². The third-order valence-corrected chi connectivity index (χ3v) is 4.22. The van der Waals surface area contributed by atoms with Gasteiger partial charge >= 0.3 is 0 Å². The summed E-state index contributed by atoms with van der Waals surface area (Å²) in [6.45, 7) is 3.73. The van der Waals surface area contributed by atoms with Crippen LogP contribution in [0.2, 0.25) is 0 Å². The summed E-state index contributed by atoms with van der Waals surface area (Å²) in [5.41, 5.74) is 2.99. The minimum atomic E-state index is -0.263. The number of thiophene rings is 1. The van der Waals surface area contributed by atoms with E-state index in [0.717, 1.165) is 32.5 Å². The Hall–Kier alpha value is -0.380. The molecule has 0 aromatic carbocycles. The van der Waals surface area contributed by atoms with Gasteiger partial charge in [0.15, 0.2) is 5.79 Å². The maximum Gasteiger partial charge on any atom is 0.172 e. The summed E-state index contributed by atoms with van der Waals surface area (Å²) >= 11 is 1.85. The van der Waals surface area contributed by atoms with Gasteiger partial charge in [0.1, 0.15) is 0 Å². The van der Waals surface area contributed by atoms with Crippen molar-refractivity contribution in [3.05, 3.63) is 21.4 Å². The number of aryl methyl sites for hydroxylation is 1.